The molecule has 0 radical (unpaired) electrons. The van der Waals surface area contributed by atoms with Gasteiger partial charge in [0.2, 0.25) is 11.6 Å². The third-order valence-electron chi connectivity index (χ3n) is 3.56. The zero-order valence-electron chi connectivity index (χ0n) is 13.3. The Kier molecular flexibility index (Phi) is 5.72. The van der Waals surface area contributed by atoms with E-state index in [-0.39, 0.29) is 21.8 Å². The minimum atomic E-state index is -0.327. The summed E-state index contributed by atoms with van der Waals surface area (Å²) in [6, 6.07) is 0. The summed E-state index contributed by atoms with van der Waals surface area (Å²) >= 11 is 1.83. The van der Waals surface area contributed by atoms with E-state index in [4.69, 9.17) is 8.92 Å². The molecule has 0 aromatic carbocycles. The summed E-state index contributed by atoms with van der Waals surface area (Å²) < 4.78 is 11.5. The van der Waals surface area contributed by atoms with E-state index >= 15 is 0 Å². The maximum atomic E-state index is 12.5. The Morgan fingerprint density at radius 3 is 2.65 bits per heavy atom. The van der Waals surface area contributed by atoms with Crippen LogP contribution in [0.15, 0.2) is 11.8 Å². The molecule has 2 rings (SSSR count). The highest BCUT2D eigenvalue weighted by atomic mass is 32.2. The molecular weight excluding hydrogens is 338 g/mol. The first-order valence-corrected chi connectivity index (χ1v) is 8.64. The molecule has 0 spiro atoms. The Morgan fingerprint density at radius 1 is 1.35 bits per heavy atom. The molecule has 0 saturated heterocycles. The minimum absolute atomic E-state index is 0.0226. The van der Waals surface area contributed by atoms with Crippen LogP contribution in [0.3, 0.4) is 0 Å². The molecule has 0 saturated carbocycles. The fourth-order valence-electron chi connectivity index (χ4n) is 2.36. The molecule has 6 nitrogen and oxygen atoms in total. The monoisotopic (exact) mass is 355 g/mol. The number of carbonyl (C=O) groups is 3. The summed E-state index contributed by atoms with van der Waals surface area (Å²) in [5, 5.41) is 0. The highest BCUT2D eigenvalue weighted by Gasteiger charge is 2.34. The van der Waals surface area contributed by atoms with E-state index in [1.165, 1.54) is 13.2 Å². The Hall–Kier alpha value is -1.51. The zero-order valence-corrected chi connectivity index (χ0v) is 14.9. The summed E-state index contributed by atoms with van der Waals surface area (Å²) in [4.78, 5) is 36.5. The second-order valence-electron chi connectivity index (χ2n) is 4.78. The summed E-state index contributed by atoms with van der Waals surface area (Å²) in [5.41, 5.74) is 2.13. The van der Waals surface area contributed by atoms with Crippen molar-refractivity contribution in [3.8, 4) is 0 Å². The standard InChI is InChI=1S/C15H17NO5S2/c1-5-21-23-15(19)22-7-9-8(2)16(3)13-10(17)6-11(20-4)14(18)12(9)13/h6H,5,7H2,1-4H3. The average Bonchev–Trinajstić information content (AvgIpc) is 2.79. The number of nitrogens with zero attached hydrogens (tertiary/aromatic N) is 1. The SMILES string of the molecule is CCOSC(=O)SCc1c2c(n(C)c1C)C(=O)C=C(OC)C2=O. The van der Waals surface area contributed by atoms with Gasteiger partial charge in [0, 0.05) is 24.6 Å². The molecule has 124 valence electrons. The van der Waals surface area contributed by atoms with Crippen LogP contribution in [0.5, 0.6) is 0 Å². The van der Waals surface area contributed by atoms with Gasteiger partial charge in [-0.25, -0.2) is 0 Å². The van der Waals surface area contributed by atoms with Crippen molar-refractivity contribution in [2.45, 2.75) is 19.6 Å². The van der Waals surface area contributed by atoms with Crippen LogP contribution >= 0.6 is 23.8 Å². The van der Waals surface area contributed by atoms with E-state index in [2.05, 4.69) is 0 Å². The number of methoxy groups -OCH3 is 1. The molecule has 0 fully saturated rings. The van der Waals surface area contributed by atoms with Gasteiger partial charge in [0.25, 0.3) is 4.45 Å². The fourth-order valence-corrected chi connectivity index (χ4v) is 3.70. The van der Waals surface area contributed by atoms with Crippen LogP contribution in [-0.4, -0.2) is 34.3 Å². The van der Waals surface area contributed by atoms with Gasteiger partial charge < -0.3 is 13.5 Å². The van der Waals surface area contributed by atoms with Gasteiger partial charge in [0.15, 0.2) is 5.76 Å². The van der Waals surface area contributed by atoms with Crippen LogP contribution in [0.1, 0.15) is 39.0 Å². The Morgan fingerprint density at radius 2 is 2.04 bits per heavy atom. The number of carbonyl (C=O) groups excluding carboxylic acids is 3. The number of Topliss-reactive ketones (excluding diaryl/α,β-unsaturated/α-hetero) is 1. The van der Waals surface area contributed by atoms with Gasteiger partial charge in [-0.15, -0.1) is 0 Å². The predicted octanol–water partition coefficient (Wildman–Crippen LogP) is 3.28. The molecule has 1 aliphatic carbocycles. The zero-order chi connectivity index (χ0) is 17.1. The normalized spacial score (nSPS) is 13.8. The van der Waals surface area contributed by atoms with Crippen LogP contribution in [0, 0.1) is 6.92 Å². The fraction of sp³-hybridized carbons (Fsp3) is 0.400. The van der Waals surface area contributed by atoms with Gasteiger partial charge in [-0.2, -0.15) is 0 Å². The lowest BCUT2D eigenvalue weighted by molar-refractivity contribution is 0.0913. The van der Waals surface area contributed by atoms with Crippen LogP contribution in [0.25, 0.3) is 0 Å². The lowest BCUT2D eigenvalue weighted by Gasteiger charge is -2.13. The largest absolute Gasteiger partial charge is 0.492 e. The van der Waals surface area contributed by atoms with E-state index < -0.39 is 0 Å². The third kappa shape index (κ3) is 3.39. The lowest BCUT2D eigenvalue weighted by Crippen LogP contribution is -2.19. The predicted molar refractivity (Wildman–Crippen MR) is 89.8 cm³/mol. The number of hydrogen-bond acceptors (Lipinski definition) is 7. The number of rotatable bonds is 5. The number of ether oxygens (including phenoxy) is 1. The molecule has 0 unspecified atom stereocenters. The Labute approximate surface area is 142 Å². The summed E-state index contributed by atoms with van der Waals surface area (Å²) in [6.45, 7) is 4.05. The molecule has 0 N–H and O–H groups in total. The summed E-state index contributed by atoms with van der Waals surface area (Å²) in [7, 11) is 3.09. The molecule has 1 aromatic rings. The molecule has 0 amide bonds. The molecule has 1 aliphatic rings. The maximum absolute atomic E-state index is 12.5. The molecule has 0 bridgehead atoms. The molecule has 23 heavy (non-hydrogen) atoms. The summed E-state index contributed by atoms with van der Waals surface area (Å²) in [5.74, 6) is -0.279. The number of fused-ring (bicyclic) bond motifs is 1. The van der Waals surface area contributed by atoms with Gasteiger partial charge in [0.1, 0.15) is 5.69 Å². The van der Waals surface area contributed by atoms with Crippen molar-refractivity contribution >= 4 is 39.8 Å². The molecule has 1 heterocycles. The second kappa shape index (κ2) is 7.37. The molecule has 1 aromatic heterocycles. The van der Waals surface area contributed by atoms with Gasteiger partial charge >= 0.3 is 0 Å². The molecule has 8 heteroatoms. The highest BCUT2D eigenvalue weighted by molar-refractivity contribution is 8.36. The van der Waals surface area contributed by atoms with E-state index in [1.54, 1.807) is 18.5 Å². The quantitative estimate of drug-likeness (QED) is 0.750. The smallest absolute Gasteiger partial charge is 0.273 e. The van der Waals surface area contributed by atoms with E-state index in [1.807, 2.05) is 6.92 Å². The van der Waals surface area contributed by atoms with Crippen LogP contribution in [0.2, 0.25) is 0 Å². The molecule has 0 aliphatic heterocycles. The highest BCUT2D eigenvalue weighted by Crippen LogP contribution is 2.33. The van der Waals surface area contributed by atoms with Crippen molar-refractivity contribution in [2.24, 2.45) is 7.05 Å². The van der Waals surface area contributed by atoms with Gasteiger partial charge in [-0.1, -0.05) is 11.8 Å². The van der Waals surface area contributed by atoms with Crippen molar-refractivity contribution in [1.82, 2.24) is 4.57 Å². The van der Waals surface area contributed by atoms with Crippen molar-refractivity contribution in [3.05, 3.63) is 34.3 Å². The van der Waals surface area contributed by atoms with Crippen molar-refractivity contribution < 1.29 is 23.3 Å². The average molecular weight is 355 g/mol. The van der Waals surface area contributed by atoms with Gasteiger partial charge in [-0.3, -0.25) is 14.4 Å². The number of ketones is 2. The first kappa shape index (κ1) is 17.8. The van der Waals surface area contributed by atoms with Crippen molar-refractivity contribution in [1.29, 1.82) is 0 Å². The third-order valence-corrected chi connectivity index (χ3v) is 5.28. The van der Waals surface area contributed by atoms with Crippen molar-refractivity contribution in [3.63, 3.8) is 0 Å². The van der Waals surface area contributed by atoms with Gasteiger partial charge in [-0.05, 0) is 19.4 Å². The van der Waals surface area contributed by atoms with E-state index in [9.17, 15) is 14.4 Å². The first-order chi connectivity index (χ1) is 10.9. The van der Waals surface area contributed by atoms with Crippen LogP contribution in [-0.2, 0) is 21.7 Å². The van der Waals surface area contributed by atoms with Crippen LogP contribution < -0.4 is 0 Å². The van der Waals surface area contributed by atoms with E-state index in [0.717, 1.165) is 29.5 Å². The Bertz CT molecular complexity index is 705. The number of hydrogen-bond donors (Lipinski definition) is 0. The number of thioether (sulfide) groups is 1. The summed E-state index contributed by atoms with van der Waals surface area (Å²) in [6.07, 6.45) is 1.21. The first-order valence-electron chi connectivity index (χ1n) is 6.91. The molecular formula is C15H17NO5S2. The maximum Gasteiger partial charge on any atom is 0.273 e. The Balaban J connectivity index is 2.33. The van der Waals surface area contributed by atoms with Gasteiger partial charge in [0.05, 0.1) is 31.3 Å². The van der Waals surface area contributed by atoms with Crippen LogP contribution in [0.4, 0.5) is 4.79 Å². The number of allylic oxidation sites excluding steroid dienone is 2. The topological polar surface area (TPSA) is 74.6 Å². The van der Waals surface area contributed by atoms with Crippen molar-refractivity contribution in [2.75, 3.05) is 13.7 Å². The second-order valence-corrected chi connectivity index (χ2v) is 6.76. The minimum Gasteiger partial charge on any atom is -0.492 e. The van der Waals surface area contributed by atoms with E-state index in [0.29, 0.717) is 29.2 Å². The molecule has 0 atom stereocenters. The lowest BCUT2D eigenvalue weighted by atomic mass is 9.97. The number of aromatic nitrogens is 1.